The van der Waals surface area contributed by atoms with Crippen molar-refractivity contribution in [3.8, 4) is 5.75 Å². The van der Waals surface area contributed by atoms with Crippen LogP contribution in [-0.2, 0) is 10.2 Å². The van der Waals surface area contributed by atoms with Crippen molar-refractivity contribution in [3.05, 3.63) is 89.6 Å². The Kier molecular flexibility index (Phi) is 6.85. The van der Waals surface area contributed by atoms with Gasteiger partial charge >= 0.3 is 6.09 Å². The Hall–Kier alpha value is -4.26. The number of carbonyl (C=O) groups is 2. The topological polar surface area (TPSA) is 72.8 Å². The lowest BCUT2D eigenvalue weighted by atomic mass is 9.90. The number of benzene rings is 3. The molecule has 0 spiro atoms. The highest BCUT2D eigenvalue weighted by molar-refractivity contribution is 6.07. The van der Waals surface area contributed by atoms with Crippen molar-refractivity contribution in [2.75, 3.05) is 24.4 Å². The smallest absolute Gasteiger partial charge is 0.418 e. The molecule has 4 aromatic rings. The van der Waals surface area contributed by atoms with Crippen LogP contribution >= 0.6 is 0 Å². The number of nitrogens with one attached hydrogen (secondary N) is 1. The molecular formula is C32H35N3O4. The van der Waals surface area contributed by atoms with Gasteiger partial charge in [0.25, 0.3) is 5.91 Å². The van der Waals surface area contributed by atoms with E-state index in [1.165, 1.54) is 7.11 Å². The third-order valence-electron chi connectivity index (χ3n) is 7.45. The summed E-state index contributed by atoms with van der Waals surface area (Å²) in [6, 6.07) is 23.2. The van der Waals surface area contributed by atoms with E-state index in [1.54, 1.807) is 23.8 Å². The minimum atomic E-state index is -0.406. The van der Waals surface area contributed by atoms with Crippen molar-refractivity contribution < 1.29 is 19.1 Å². The third-order valence-corrected chi connectivity index (χ3v) is 7.45. The highest BCUT2D eigenvalue weighted by Crippen LogP contribution is 2.41. The molecule has 2 atom stereocenters. The average Bonchev–Trinajstić information content (AvgIpc) is 3.34. The number of amides is 1. The molecule has 0 bridgehead atoms. The van der Waals surface area contributed by atoms with Gasteiger partial charge in [0.15, 0.2) is 0 Å². The SMILES string of the molecule is COC(=O)n1c(C(C)(C)C)cc2c(N[C@@H]3C[C@H](C)N(C(=O)c4ccc(OC)cc4)c4ccccc43)cccc21. The number of methoxy groups -OCH3 is 2. The summed E-state index contributed by atoms with van der Waals surface area (Å²) in [7, 11) is 3.02. The maximum Gasteiger partial charge on any atom is 0.418 e. The summed E-state index contributed by atoms with van der Waals surface area (Å²) in [5, 5.41) is 4.71. The van der Waals surface area contributed by atoms with Crippen LogP contribution in [0.25, 0.3) is 10.9 Å². The normalized spacial score (nSPS) is 17.0. The Labute approximate surface area is 229 Å². The van der Waals surface area contributed by atoms with Gasteiger partial charge in [0.1, 0.15) is 5.75 Å². The third kappa shape index (κ3) is 4.73. The van der Waals surface area contributed by atoms with E-state index in [2.05, 4.69) is 45.1 Å². The molecule has 1 N–H and O–H groups in total. The number of hydrogen-bond acceptors (Lipinski definition) is 5. The molecule has 0 radical (unpaired) electrons. The molecule has 1 amide bonds. The summed E-state index contributed by atoms with van der Waals surface area (Å²) in [5.41, 5.74) is 4.91. The second-order valence-electron chi connectivity index (χ2n) is 11.1. The van der Waals surface area contributed by atoms with Gasteiger partial charge in [-0.05, 0) is 67.4 Å². The van der Waals surface area contributed by atoms with Crippen molar-refractivity contribution in [1.82, 2.24) is 4.57 Å². The Morgan fingerprint density at radius 2 is 1.67 bits per heavy atom. The maximum absolute atomic E-state index is 13.7. The summed E-state index contributed by atoms with van der Waals surface area (Å²) in [6.07, 6.45) is 0.315. The van der Waals surface area contributed by atoms with Crippen LogP contribution in [0.4, 0.5) is 16.2 Å². The standard InChI is InChI=1S/C32H35N3O4/c1-20-18-26(23-10-7-8-12-27(23)34(20)30(36)21-14-16-22(38-5)17-15-21)33-25-11-9-13-28-24(25)19-29(32(2,3)4)35(28)31(37)39-6/h7-17,19-20,26,33H,18H2,1-6H3/t20-,26+/m0/s1. The van der Waals surface area contributed by atoms with Gasteiger partial charge in [-0.2, -0.15) is 0 Å². The van der Waals surface area contributed by atoms with E-state index in [0.717, 1.165) is 40.0 Å². The number of nitrogens with zero attached hydrogens (tertiary/aromatic N) is 2. The van der Waals surface area contributed by atoms with Gasteiger partial charge in [-0.25, -0.2) is 9.36 Å². The number of hydrogen-bond donors (Lipinski definition) is 1. The van der Waals surface area contributed by atoms with Crippen LogP contribution in [0.1, 0.15) is 61.8 Å². The van der Waals surface area contributed by atoms with Gasteiger partial charge in [-0.15, -0.1) is 0 Å². The van der Waals surface area contributed by atoms with Crippen LogP contribution in [0.15, 0.2) is 72.8 Å². The van der Waals surface area contributed by atoms with E-state index in [9.17, 15) is 9.59 Å². The Balaban J connectivity index is 1.53. The molecule has 2 heterocycles. The van der Waals surface area contributed by atoms with E-state index in [1.807, 2.05) is 53.4 Å². The molecule has 7 nitrogen and oxygen atoms in total. The molecule has 3 aromatic carbocycles. The molecular weight excluding hydrogens is 490 g/mol. The lowest BCUT2D eigenvalue weighted by Gasteiger charge is -2.40. The van der Waals surface area contributed by atoms with Gasteiger partial charge in [-0.1, -0.05) is 45.0 Å². The largest absolute Gasteiger partial charge is 0.497 e. The molecule has 39 heavy (non-hydrogen) atoms. The minimum Gasteiger partial charge on any atom is -0.497 e. The molecule has 0 aliphatic carbocycles. The van der Waals surface area contributed by atoms with Crippen LogP contribution in [0.3, 0.4) is 0 Å². The molecule has 1 aliphatic heterocycles. The van der Waals surface area contributed by atoms with Crippen LogP contribution in [0.2, 0.25) is 0 Å². The van der Waals surface area contributed by atoms with Crippen molar-refractivity contribution in [1.29, 1.82) is 0 Å². The van der Waals surface area contributed by atoms with Crippen molar-refractivity contribution in [2.45, 2.75) is 51.6 Å². The first kappa shape index (κ1) is 26.4. The number of para-hydroxylation sites is 1. The van der Waals surface area contributed by atoms with E-state index in [-0.39, 0.29) is 23.4 Å². The van der Waals surface area contributed by atoms with Gasteiger partial charge in [-0.3, -0.25) is 4.79 Å². The van der Waals surface area contributed by atoms with E-state index in [0.29, 0.717) is 11.3 Å². The maximum atomic E-state index is 13.7. The predicted molar refractivity (Wildman–Crippen MR) is 155 cm³/mol. The van der Waals surface area contributed by atoms with Crippen LogP contribution < -0.4 is 15.0 Å². The zero-order valence-electron chi connectivity index (χ0n) is 23.3. The molecule has 7 heteroatoms. The van der Waals surface area contributed by atoms with Crippen LogP contribution in [0, 0.1) is 0 Å². The summed E-state index contributed by atoms with van der Waals surface area (Å²) < 4.78 is 12.1. The first-order chi connectivity index (χ1) is 18.6. The minimum absolute atomic E-state index is 0.0266. The van der Waals surface area contributed by atoms with E-state index >= 15 is 0 Å². The second-order valence-corrected chi connectivity index (χ2v) is 11.1. The van der Waals surface area contributed by atoms with Gasteiger partial charge < -0.3 is 19.7 Å². The lowest BCUT2D eigenvalue weighted by molar-refractivity contribution is 0.0974. The zero-order chi connectivity index (χ0) is 27.9. The predicted octanol–water partition coefficient (Wildman–Crippen LogP) is 7.15. The summed E-state index contributed by atoms with van der Waals surface area (Å²) >= 11 is 0. The Morgan fingerprint density at radius 1 is 0.949 bits per heavy atom. The van der Waals surface area contributed by atoms with E-state index in [4.69, 9.17) is 9.47 Å². The highest BCUT2D eigenvalue weighted by Gasteiger charge is 2.34. The fraction of sp³-hybridized carbons (Fsp3) is 0.312. The fourth-order valence-electron chi connectivity index (χ4n) is 5.52. The quantitative estimate of drug-likeness (QED) is 0.306. The summed E-state index contributed by atoms with van der Waals surface area (Å²) in [4.78, 5) is 28.3. The molecule has 0 saturated heterocycles. The van der Waals surface area contributed by atoms with Gasteiger partial charge in [0.2, 0.25) is 0 Å². The number of anilines is 2. The van der Waals surface area contributed by atoms with E-state index < -0.39 is 6.09 Å². The first-order valence-electron chi connectivity index (χ1n) is 13.2. The van der Waals surface area contributed by atoms with Crippen molar-refractivity contribution in [3.63, 3.8) is 0 Å². The Morgan fingerprint density at radius 3 is 2.33 bits per heavy atom. The number of fused-ring (bicyclic) bond motifs is 2. The lowest BCUT2D eigenvalue weighted by Crippen LogP contribution is -2.44. The molecule has 0 fully saturated rings. The summed E-state index contributed by atoms with van der Waals surface area (Å²) in [6.45, 7) is 8.34. The van der Waals surface area contributed by atoms with Crippen molar-refractivity contribution >= 4 is 34.3 Å². The van der Waals surface area contributed by atoms with Crippen molar-refractivity contribution in [2.24, 2.45) is 0 Å². The van der Waals surface area contributed by atoms with Gasteiger partial charge in [0, 0.05) is 39.5 Å². The first-order valence-corrected chi connectivity index (χ1v) is 13.2. The summed E-state index contributed by atoms with van der Waals surface area (Å²) in [5.74, 6) is 0.677. The molecule has 5 rings (SSSR count). The van der Waals surface area contributed by atoms with Crippen LogP contribution in [0.5, 0.6) is 5.75 Å². The van der Waals surface area contributed by atoms with Crippen LogP contribution in [-0.4, -0.2) is 36.8 Å². The zero-order valence-corrected chi connectivity index (χ0v) is 23.3. The second kappa shape index (κ2) is 10.1. The van der Waals surface area contributed by atoms with Gasteiger partial charge in [0.05, 0.1) is 25.8 Å². The fourth-order valence-corrected chi connectivity index (χ4v) is 5.52. The molecule has 1 aliphatic rings. The number of aromatic nitrogens is 1. The molecule has 1 aromatic heterocycles. The Bertz CT molecular complexity index is 1530. The monoisotopic (exact) mass is 525 g/mol. The molecule has 0 unspecified atom stereocenters. The highest BCUT2D eigenvalue weighted by atomic mass is 16.5. The number of ether oxygens (including phenoxy) is 2. The molecule has 202 valence electrons. The number of carbonyl (C=O) groups excluding carboxylic acids is 2. The molecule has 0 saturated carbocycles. The average molecular weight is 526 g/mol. The number of rotatable bonds is 4.